The molecule has 93 heavy (non-hydrogen) atoms. The topological polar surface area (TPSA) is 237 Å². The number of ether oxygens (including phenoxy) is 4. The molecule has 0 amide bonds. The lowest BCUT2D eigenvalue weighted by atomic mass is 9.99. The molecule has 0 radical (unpaired) electrons. The summed E-state index contributed by atoms with van der Waals surface area (Å²) >= 11 is 0. The highest BCUT2D eigenvalue weighted by Gasteiger charge is 2.30. The molecule has 0 saturated carbocycles. The number of aliphatic hydroxyl groups excluding tert-OH is 1. The average molecular weight is 1370 g/mol. The lowest BCUT2D eigenvalue weighted by Gasteiger charge is -2.21. The highest BCUT2D eigenvalue weighted by Crippen LogP contribution is 2.45. The predicted octanol–water partition coefficient (Wildman–Crippen LogP) is 21.7. The average Bonchev–Trinajstić information content (AvgIpc) is 3.42. The van der Waals surface area contributed by atoms with Crippen LogP contribution < -0.4 is 0 Å². The van der Waals surface area contributed by atoms with E-state index in [0.717, 1.165) is 109 Å². The number of carbonyl (C=O) groups is 4. The number of aliphatic hydroxyl groups is 1. The molecule has 0 rings (SSSR count). The van der Waals surface area contributed by atoms with Crippen LogP contribution in [-0.2, 0) is 65.4 Å². The van der Waals surface area contributed by atoms with Crippen molar-refractivity contribution in [3.63, 3.8) is 0 Å². The molecule has 0 aromatic rings. The number of unbranched alkanes of at least 4 members (excludes halogenated alkanes) is 45. The Morgan fingerprint density at radius 1 is 0.301 bits per heavy atom. The normalized spacial score (nSPS) is 14.3. The zero-order valence-electron chi connectivity index (χ0n) is 60.4. The molecule has 17 nitrogen and oxygen atoms in total. The molecule has 0 bridgehead atoms. The van der Waals surface area contributed by atoms with Crippen molar-refractivity contribution in [2.45, 2.75) is 406 Å². The minimum absolute atomic E-state index is 0.107. The second kappa shape index (κ2) is 67.3. The van der Waals surface area contributed by atoms with E-state index in [-0.39, 0.29) is 25.7 Å². The van der Waals surface area contributed by atoms with E-state index in [9.17, 15) is 43.2 Å². The van der Waals surface area contributed by atoms with Gasteiger partial charge in [-0.3, -0.25) is 37.3 Å². The van der Waals surface area contributed by atoms with Gasteiger partial charge in [0.2, 0.25) is 0 Å². The molecule has 6 atom stereocenters. The maximum absolute atomic E-state index is 13.1. The van der Waals surface area contributed by atoms with Crippen molar-refractivity contribution in [1.82, 2.24) is 0 Å². The molecule has 0 aliphatic heterocycles. The Morgan fingerprint density at radius 2 is 0.516 bits per heavy atom. The third-order valence-electron chi connectivity index (χ3n) is 17.6. The summed E-state index contributed by atoms with van der Waals surface area (Å²) in [5, 5.41) is 10.6. The Labute approximate surface area is 568 Å². The van der Waals surface area contributed by atoms with Crippen molar-refractivity contribution in [3.8, 4) is 0 Å². The second-order valence-corrected chi connectivity index (χ2v) is 29.8. The van der Waals surface area contributed by atoms with Gasteiger partial charge in [0.1, 0.15) is 19.3 Å². The first-order valence-corrected chi connectivity index (χ1v) is 41.7. The van der Waals surface area contributed by atoms with Crippen LogP contribution in [0.4, 0.5) is 0 Å². The molecule has 0 heterocycles. The van der Waals surface area contributed by atoms with E-state index >= 15 is 0 Å². The minimum atomic E-state index is -4.95. The largest absolute Gasteiger partial charge is 0.472 e. The SMILES string of the molecule is CCCCCCCCCCCCCCC(=O)OC[C@H](COP(=O)(O)OC[C@@H](O)COP(=O)(O)OC[C@@H](COC(=O)CCCCCCCCC)OC(=O)CCCCCCCCCCCCCC)OC(=O)CCCCCCCCCCCCCCCCCCCCC(C)CC. The molecule has 0 aromatic carbocycles. The van der Waals surface area contributed by atoms with Crippen LogP contribution in [0.25, 0.3) is 0 Å². The smallest absolute Gasteiger partial charge is 0.462 e. The second-order valence-electron chi connectivity index (χ2n) is 26.9. The zero-order valence-corrected chi connectivity index (χ0v) is 62.2. The van der Waals surface area contributed by atoms with Crippen LogP contribution in [0.2, 0.25) is 0 Å². The van der Waals surface area contributed by atoms with Gasteiger partial charge in [-0.15, -0.1) is 0 Å². The third kappa shape index (κ3) is 67.0. The van der Waals surface area contributed by atoms with Crippen LogP contribution in [0.15, 0.2) is 0 Å². The molecule has 3 unspecified atom stereocenters. The van der Waals surface area contributed by atoms with Gasteiger partial charge in [0.15, 0.2) is 12.2 Å². The summed E-state index contributed by atoms with van der Waals surface area (Å²) in [5.41, 5.74) is 0. The van der Waals surface area contributed by atoms with Crippen LogP contribution in [0.1, 0.15) is 388 Å². The van der Waals surface area contributed by atoms with Gasteiger partial charge in [-0.2, -0.15) is 0 Å². The monoisotopic (exact) mass is 1370 g/mol. The van der Waals surface area contributed by atoms with Crippen LogP contribution in [0.5, 0.6) is 0 Å². The molecule has 0 spiro atoms. The summed E-state index contributed by atoms with van der Waals surface area (Å²) in [6.45, 7) is 7.30. The molecular weight excluding hydrogens is 1220 g/mol. The lowest BCUT2D eigenvalue weighted by molar-refractivity contribution is -0.161. The first kappa shape index (κ1) is 91.1. The van der Waals surface area contributed by atoms with E-state index in [1.165, 1.54) is 199 Å². The summed E-state index contributed by atoms with van der Waals surface area (Å²) in [6, 6.07) is 0. The number of hydrogen-bond donors (Lipinski definition) is 3. The molecule has 0 fully saturated rings. The summed E-state index contributed by atoms with van der Waals surface area (Å²) < 4.78 is 68.3. The first-order valence-electron chi connectivity index (χ1n) is 38.7. The predicted molar refractivity (Wildman–Crippen MR) is 377 cm³/mol. The first-order chi connectivity index (χ1) is 45.1. The Hall–Kier alpha value is -1.94. The van der Waals surface area contributed by atoms with E-state index in [4.69, 9.17) is 37.0 Å². The van der Waals surface area contributed by atoms with Gasteiger partial charge in [-0.1, -0.05) is 336 Å². The quantitative estimate of drug-likeness (QED) is 0.0222. The fraction of sp³-hybridized carbons (Fsp3) is 0.946. The van der Waals surface area contributed by atoms with Crippen molar-refractivity contribution >= 4 is 39.5 Å². The van der Waals surface area contributed by atoms with E-state index < -0.39 is 97.5 Å². The molecule has 0 aromatic heterocycles. The minimum Gasteiger partial charge on any atom is -0.462 e. The van der Waals surface area contributed by atoms with Gasteiger partial charge < -0.3 is 33.8 Å². The van der Waals surface area contributed by atoms with E-state index in [0.29, 0.717) is 25.7 Å². The number of carbonyl (C=O) groups excluding carboxylic acids is 4. The van der Waals surface area contributed by atoms with E-state index in [2.05, 4.69) is 34.6 Å². The van der Waals surface area contributed by atoms with Crippen molar-refractivity contribution in [2.75, 3.05) is 39.6 Å². The lowest BCUT2D eigenvalue weighted by Crippen LogP contribution is -2.30. The Bertz CT molecular complexity index is 1790. The third-order valence-corrected chi connectivity index (χ3v) is 19.5. The fourth-order valence-electron chi connectivity index (χ4n) is 11.3. The molecule has 0 saturated heterocycles. The summed E-state index contributed by atoms with van der Waals surface area (Å²) in [4.78, 5) is 72.5. The van der Waals surface area contributed by atoms with Crippen molar-refractivity contribution in [1.29, 1.82) is 0 Å². The van der Waals surface area contributed by atoms with Gasteiger partial charge in [-0.05, 0) is 31.6 Å². The van der Waals surface area contributed by atoms with Crippen LogP contribution in [-0.4, -0.2) is 96.7 Å². The van der Waals surface area contributed by atoms with Gasteiger partial charge in [0.05, 0.1) is 26.4 Å². The molecule has 552 valence electrons. The maximum atomic E-state index is 13.1. The van der Waals surface area contributed by atoms with Crippen molar-refractivity contribution < 1.29 is 80.2 Å². The Balaban J connectivity index is 5.13. The molecular formula is C74H144O17P2. The zero-order chi connectivity index (χ0) is 68.4. The fourth-order valence-corrected chi connectivity index (χ4v) is 12.9. The van der Waals surface area contributed by atoms with E-state index in [1.807, 2.05) is 0 Å². The highest BCUT2D eigenvalue weighted by atomic mass is 31.2. The number of hydrogen-bond acceptors (Lipinski definition) is 15. The van der Waals surface area contributed by atoms with E-state index in [1.54, 1.807) is 0 Å². The summed E-state index contributed by atoms with van der Waals surface area (Å²) in [5.74, 6) is -1.25. The number of phosphoric acid groups is 2. The number of phosphoric ester groups is 2. The number of rotatable bonds is 74. The van der Waals surface area contributed by atoms with Gasteiger partial charge in [-0.25, -0.2) is 9.13 Å². The van der Waals surface area contributed by atoms with Gasteiger partial charge >= 0.3 is 39.5 Å². The summed E-state index contributed by atoms with van der Waals surface area (Å²) in [6.07, 6.45) is 55.6. The van der Waals surface area contributed by atoms with Gasteiger partial charge in [0.25, 0.3) is 0 Å². The summed E-state index contributed by atoms with van der Waals surface area (Å²) in [7, 11) is -9.90. The molecule has 0 aliphatic carbocycles. The van der Waals surface area contributed by atoms with Crippen LogP contribution in [0, 0.1) is 5.92 Å². The maximum Gasteiger partial charge on any atom is 0.472 e. The van der Waals surface area contributed by atoms with Crippen LogP contribution >= 0.6 is 15.6 Å². The van der Waals surface area contributed by atoms with Gasteiger partial charge in [0, 0.05) is 25.7 Å². The Kier molecular flexibility index (Phi) is 65.9. The van der Waals surface area contributed by atoms with Crippen LogP contribution in [0.3, 0.4) is 0 Å². The molecule has 0 aliphatic rings. The molecule has 3 N–H and O–H groups in total. The highest BCUT2D eigenvalue weighted by molar-refractivity contribution is 7.47. The number of esters is 4. The van der Waals surface area contributed by atoms with Crippen molar-refractivity contribution in [2.24, 2.45) is 5.92 Å². The Morgan fingerprint density at radius 3 is 0.763 bits per heavy atom. The molecule has 19 heteroatoms. The van der Waals surface area contributed by atoms with Crippen molar-refractivity contribution in [3.05, 3.63) is 0 Å². The standard InChI is InChI=1S/C74H144O17P2/c1-6-10-13-16-19-21-23-34-38-43-48-53-58-72(77)85-64-70(91-74(79)60-55-50-45-40-36-32-30-28-26-25-27-29-31-33-37-42-46-51-56-67(5)9-4)66-89-93(82,83)87-62-68(75)61-86-92(80,81)88-65-69(63-84-71(76)57-52-47-41-18-15-12-8-3)90-73(78)59-54-49-44-39-35-24-22-20-17-14-11-7-2/h67-70,75H,6-66H2,1-5H3,(H,80,81)(H,82,83)/t67?,68-,69+,70+/m0/s1.